The minimum atomic E-state index is 0.875. The Bertz CT molecular complexity index is 450. The number of rotatable bonds is 1. The number of hydrogen-bond donors (Lipinski definition) is 1. The molecule has 2 aromatic rings. The molecule has 0 aliphatic heterocycles. The van der Waals surface area contributed by atoms with Crippen molar-refractivity contribution in [2.24, 2.45) is 0 Å². The van der Waals surface area contributed by atoms with Gasteiger partial charge in [-0.15, -0.1) is 0 Å². The number of aromatic amines is 1. The summed E-state index contributed by atoms with van der Waals surface area (Å²) in [5.41, 5.74) is 1.92. The van der Waals surface area contributed by atoms with Gasteiger partial charge in [0.15, 0.2) is 0 Å². The number of nitrogens with one attached hydrogen (secondary N) is 1. The van der Waals surface area contributed by atoms with Crippen LogP contribution in [-0.4, -0.2) is 10.9 Å². The maximum Gasteiger partial charge on any atom is 0.125 e. The van der Waals surface area contributed by atoms with Crippen molar-refractivity contribution in [3.05, 3.63) is 36.0 Å². The van der Waals surface area contributed by atoms with Crippen molar-refractivity contribution in [1.82, 2.24) is 4.98 Å². The van der Waals surface area contributed by atoms with E-state index in [9.17, 15) is 4.79 Å². The van der Waals surface area contributed by atoms with E-state index < -0.39 is 0 Å². The molecule has 1 aromatic carbocycles. The van der Waals surface area contributed by atoms with Gasteiger partial charge in [0.25, 0.3) is 0 Å². The van der Waals surface area contributed by atoms with Gasteiger partial charge >= 0.3 is 0 Å². The van der Waals surface area contributed by atoms with Crippen LogP contribution < -0.4 is 0 Å². The number of benzene rings is 1. The summed E-state index contributed by atoms with van der Waals surface area (Å²) in [7, 11) is 0. The van der Waals surface area contributed by atoms with Crippen molar-refractivity contribution in [2.45, 2.75) is 0 Å². The highest BCUT2D eigenvalue weighted by atomic mass is 16.1. The fourth-order valence-corrected chi connectivity index (χ4v) is 1.22. The first-order chi connectivity index (χ1) is 5.90. The van der Waals surface area contributed by atoms with E-state index in [2.05, 4.69) is 4.98 Å². The summed E-state index contributed by atoms with van der Waals surface area (Å²) in [6, 6.07) is 7.76. The smallest absolute Gasteiger partial charge is 0.125 e. The van der Waals surface area contributed by atoms with E-state index in [1.54, 1.807) is 5.94 Å². The zero-order chi connectivity index (χ0) is 8.39. The molecular weight excluding hydrogens is 150 g/mol. The summed E-state index contributed by atoms with van der Waals surface area (Å²) < 4.78 is 0. The van der Waals surface area contributed by atoms with Gasteiger partial charge in [-0.25, -0.2) is 4.79 Å². The molecule has 58 valence electrons. The van der Waals surface area contributed by atoms with Crippen LogP contribution in [0.2, 0.25) is 0 Å². The molecule has 1 N–H and O–H groups in total. The molecule has 0 spiro atoms. The van der Waals surface area contributed by atoms with E-state index in [0.717, 1.165) is 16.5 Å². The zero-order valence-corrected chi connectivity index (χ0v) is 6.37. The van der Waals surface area contributed by atoms with Crippen LogP contribution in [0.15, 0.2) is 30.5 Å². The van der Waals surface area contributed by atoms with E-state index in [-0.39, 0.29) is 0 Å². The molecule has 2 heteroatoms. The third-order valence-corrected chi connectivity index (χ3v) is 1.80. The van der Waals surface area contributed by atoms with Crippen molar-refractivity contribution in [3.8, 4) is 0 Å². The van der Waals surface area contributed by atoms with Gasteiger partial charge in [0.05, 0.1) is 0 Å². The summed E-state index contributed by atoms with van der Waals surface area (Å²) in [6.07, 6.45) is 3.29. The van der Waals surface area contributed by atoms with Crippen LogP contribution in [0.25, 0.3) is 17.0 Å². The van der Waals surface area contributed by atoms with Gasteiger partial charge < -0.3 is 4.98 Å². The lowest BCUT2D eigenvalue weighted by Crippen LogP contribution is -1.72. The van der Waals surface area contributed by atoms with E-state index in [1.807, 2.05) is 30.5 Å². The van der Waals surface area contributed by atoms with Crippen molar-refractivity contribution in [3.63, 3.8) is 0 Å². The maximum atomic E-state index is 10.1. The molecule has 0 unspecified atom stereocenters. The van der Waals surface area contributed by atoms with Gasteiger partial charge in [0, 0.05) is 17.8 Å². The Hall–Kier alpha value is -1.79. The van der Waals surface area contributed by atoms with Crippen molar-refractivity contribution < 1.29 is 4.79 Å². The number of H-pyrrole nitrogens is 1. The van der Waals surface area contributed by atoms with Crippen molar-refractivity contribution in [2.75, 3.05) is 0 Å². The van der Waals surface area contributed by atoms with Crippen LogP contribution in [-0.2, 0) is 4.79 Å². The number of fused-ring (bicyclic) bond motifs is 1. The number of carbonyl (C=O) groups excluding carboxylic acids is 1. The third kappa shape index (κ3) is 1.04. The van der Waals surface area contributed by atoms with Crippen LogP contribution in [0.1, 0.15) is 5.56 Å². The van der Waals surface area contributed by atoms with Gasteiger partial charge in [-0.1, -0.05) is 12.1 Å². The summed E-state index contributed by atoms with van der Waals surface area (Å²) in [6.45, 7) is 0. The van der Waals surface area contributed by atoms with Gasteiger partial charge in [0.1, 0.15) is 5.94 Å². The highest BCUT2D eigenvalue weighted by Crippen LogP contribution is 2.14. The Morgan fingerprint density at radius 3 is 3.08 bits per heavy atom. The maximum absolute atomic E-state index is 10.1. The predicted molar refractivity (Wildman–Crippen MR) is 48.5 cm³/mol. The Kier molecular flexibility index (Phi) is 1.54. The summed E-state index contributed by atoms with van der Waals surface area (Å²) in [5, 5.41) is 1.15. The van der Waals surface area contributed by atoms with Gasteiger partial charge in [0.2, 0.25) is 0 Å². The molecule has 1 heterocycles. The summed E-state index contributed by atoms with van der Waals surface area (Å²) in [4.78, 5) is 13.1. The molecule has 0 bridgehead atoms. The summed E-state index contributed by atoms with van der Waals surface area (Å²) >= 11 is 0. The second kappa shape index (κ2) is 2.68. The first-order valence-electron chi connectivity index (χ1n) is 3.68. The molecule has 0 aliphatic carbocycles. The molecule has 0 atom stereocenters. The Balaban J connectivity index is 2.67. The third-order valence-electron chi connectivity index (χ3n) is 1.80. The highest BCUT2D eigenvalue weighted by Gasteiger charge is 1.93. The number of aromatic nitrogens is 1. The highest BCUT2D eigenvalue weighted by molar-refractivity contribution is 5.84. The number of hydrogen-bond acceptors (Lipinski definition) is 1. The topological polar surface area (TPSA) is 32.9 Å². The van der Waals surface area contributed by atoms with Crippen LogP contribution in [0.4, 0.5) is 0 Å². The predicted octanol–water partition coefficient (Wildman–Crippen LogP) is 2.01. The lowest BCUT2D eigenvalue weighted by molar-refractivity contribution is 0.570. The normalized spacial score (nSPS) is 9.67. The SMILES string of the molecule is O=C=Cc1ccc2cc[nH]c2c1. The molecule has 0 radical (unpaired) electrons. The fourth-order valence-electron chi connectivity index (χ4n) is 1.22. The molecule has 0 fully saturated rings. The second-order valence-corrected chi connectivity index (χ2v) is 2.59. The molecule has 0 saturated carbocycles. The molecule has 0 saturated heterocycles. The van der Waals surface area contributed by atoms with E-state index in [4.69, 9.17) is 0 Å². The fraction of sp³-hybridized carbons (Fsp3) is 0. The molecule has 1 aromatic heterocycles. The van der Waals surface area contributed by atoms with Crippen LogP contribution in [0.5, 0.6) is 0 Å². The molecule has 2 nitrogen and oxygen atoms in total. The largest absolute Gasteiger partial charge is 0.361 e. The summed E-state index contributed by atoms with van der Waals surface area (Å²) in [5.74, 6) is 1.75. The van der Waals surface area contributed by atoms with Gasteiger partial charge in [-0.05, 0) is 23.1 Å². The minimum absolute atomic E-state index is 0.875. The lowest BCUT2D eigenvalue weighted by Gasteiger charge is -1.91. The standard InChI is InChI=1S/C10H7NO/c12-6-4-8-1-2-9-3-5-11-10(9)7-8/h1-5,7,11H. The first-order valence-corrected chi connectivity index (χ1v) is 3.68. The molecular formula is C10H7NO. The Morgan fingerprint density at radius 1 is 1.33 bits per heavy atom. The van der Waals surface area contributed by atoms with Gasteiger partial charge in [-0.3, -0.25) is 0 Å². The average molecular weight is 157 g/mol. The van der Waals surface area contributed by atoms with Crippen LogP contribution >= 0.6 is 0 Å². The Labute approximate surface area is 69.5 Å². The first kappa shape index (κ1) is 6.89. The van der Waals surface area contributed by atoms with Crippen LogP contribution in [0, 0.1) is 0 Å². The monoisotopic (exact) mass is 157 g/mol. The minimum Gasteiger partial charge on any atom is -0.361 e. The quantitative estimate of drug-likeness (QED) is 0.631. The van der Waals surface area contributed by atoms with Crippen LogP contribution in [0.3, 0.4) is 0 Å². The Morgan fingerprint density at radius 2 is 2.25 bits per heavy atom. The van der Waals surface area contributed by atoms with E-state index in [1.165, 1.54) is 6.08 Å². The zero-order valence-electron chi connectivity index (χ0n) is 6.37. The molecule has 0 amide bonds. The van der Waals surface area contributed by atoms with Gasteiger partial charge in [-0.2, -0.15) is 0 Å². The van der Waals surface area contributed by atoms with E-state index in [0.29, 0.717) is 0 Å². The lowest BCUT2D eigenvalue weighted by atomic mass is 10.2. The molecule has 12 heavy (non-hydrogen) atoms. The van der Waals surface area contributed by atoms with E-state index >= 15 is 0 Å². The average Bonchev–Trinajstić information content (AvgIpc) is 2.51. The second-order valence-electron chi connectivity index (χ2n) is 2.59. The molecule has 2 rings (SSSR count). The van der Waals surface area contributed by atoms with Crippen molar-refractivity contribution >= 4 is 22.9 Å². The van der Waals surface area contributed by atoms with Crippen molar-refractivity contribution in [1.29, 1.82) is 0 Å². The molecule has 0 aliphatic rings.